The molecule has 0 saturated carbocycles. The summed E-state index contributed by atoms with van der Waals surface area (Å²) in [5, 5.41) is 2.71. The monoisotopic (exact) mass is 534 g/mol. The molecule has 0 spiro atoms. The highest BCUT2D eigenvalue weighted by molar-refractivity contribution is 5.95. The van der Waals surface area contributed by atoms with Crippen LogP contribution in [0.4, 0.5) is 18.0 Å². The maximum Gasteiger partial charge on any atom is 0.416 e. The number of halogens is 3. The third kappa shape index (κ3) is 5.54. The second-order valence-electron chi connectivity index (χ2n) is 9.20. The summed E-state index contributed by atoms with van der Waals surface area (Å²) < 4.78 is 49.8. The van der Waals surface area contributed by atoms with E-state index in [0.717, 1.165) is 12.1 Å². The smallest absolute Gasteiger partial charge is 0.416 e. The Labute approximate surface area is 217 Å². The molecule has 1 aromatic carbocycles. The molecule has 2 aromatic rings. The minimum atomic E-state index is -4.52. The number of nitrogens with zero attached hydrogens (tertiary/aromatic N) is 3. The maximum atomic E-state index is 13.1. The number of hydrogen-bond donors (Lipinski definition) is 1. The average molecular weight is 535 g/mol. The van der Waals surface area contributed by atoms with Crippen molar-refractivity contribution < 1.29 is 36.7 Å². The zero-order valence-corrected chi connectivity index (χ0v) is 21.2. The third-order valence-corrected chi connectivity index (χ3v) is 6.72. The number of urea groups is 1. The summed E-state index contributed by atoms with van der Waals surface area (Å²) in [6.45, 7) is 5.16. The Morgan fingerprint density at radius 2 is 1.87 bits per heavy atom. The number of esters is 1. The molecular weight excluding hydrogens is 505 g/mol. The van der Waals surface area contributed by atoms with Crippen molar-refractivity contribution in [3.63, 3.8) is 0 Å². The van der Waals surface area contributed by atoms with Gasteiger partial charge in [-0.15, -0.1) is 0 Å². The molecule has 9 nitrogen and oxygen atoms in total. The van der Waals surface area contributed by atoms with Gasteiger partial charge in [-0.3, -0.25) is 14.6 Å². The highest BCUT2D eigenvalue weighted by atomic mass is 19.4. The Hall–Kier alpha value is -3.80. The minimum Gasteiger partial charge on any atom is -0.463 e. The Morgan fingerprint density at radius 3 is 2.45 bits per heavy atom. The lowest BCUT2D eigenvalue weighted by Gasteiger charge is -2.42. The van der Waals surface area contributed by atoms with Crippen molar-refractivity contribution in [2.75, 3.05) is 39.8 Å². The van der Waals surface area contributed by atoms with Gasteiger partial charge in [0, 0.05) is 45.0 Å². The van der Waals surface area contributed by atoms with Crippen molar-refractivity contribution in [3.05, 3.63) is 70.8 Å². The molecule has 2 aliphatic rings. The molecule has 38 heavy (non-hydrogen) atoms. The Bertz CT molecular complexity index is 1210. The van der Waals surface area contributed by atoms with Crippen LogP contribution in [0, 0.1) is 0 Å². The number of likely N-dealkylation sites (N-methyl/N-ethyl adjacent to an activating group) is 1. The highest BCUT2D eigenvalue weighted by Crippen LogP contribution is 2.34. The minimum absolute atomic E-state index is 0.0810. The van der Waals surface area contributed by atoms with E-state index in [-0.39, 0.29) is 36.4 Å². The summed E-state index contributed by atoms with van der Waals surface area (Å²) in [6, 6.07) is 5.91. The summed E-state index contributed by atoms with van der Waals surface area (Å²) in [5.74, 6) is -0.635. The van der Waals surface area contributed by atoms with Gasteiger partial charge in [-0.1, -0.05) is 12.1 Å². The van der Waals surface area contributed by atoms with Gasteiger partial charge in [0.15, 0.2) is 5.76 Å². The summed E-state index contributed by atoms with van der Waals surface area (Å²) in [7, 11) is 1.52. The molecule has 3 amide bonds. The molecule has 204 valence electrons. The molecule has 0 aliphatic carbocycles. The topological polar surface area (TPSA) is 95.3 Å². The summed E-state index contributed by atoms with van der Waals surface area (Å²) in [6.07, 6.45) is -3.08. The number of ether oxygens (including phenoxy) is 1. The second kappa shape index (κ2) is 10.9. The molecule has 0 unspecified atom stereocenters. The van der Waals surface area contributed by atoms with Gasteiger partial charge in [-0.2, -0.15) is 13.2 Å². The van der Waals surface area contributed by atoms with Crippen LogP contribution in [0.15, 0.2) is 58.3 Å². The standard InChI is InChI=1S/C26H29F3N4O5/c1-4-37-24(35)21-19(15-32-11-12-33(16(2)14-32)23(34)20-6-5-13-38-20)31(3)25(36)30-22(21)17-7-9-18(10-8-17)26(27,28)29/h5-10,13,16,22H,4,11-12,14-15H2,1-3H3,(H,30,36)/t16-,22+/m0/s1. The fourth-order valence-electron chi connectivity index (χ4n) is 4.74. The van der Waals surface area contributed by atoms with E-state index in [4.69, 9.17) is 9.15 Å². The predicted octanol–water partition coefficient (Wildman–Crippen LogP) is 3.66. The predicted molar refractivity (Wildman–Crippen MR) is 130 cm³/mol. The molecule has 3 heterocycles. The lowest BCUT2D eigenvalue weighted by Crippen LogP contribution is -2.56. The first-order valence-electron chi connectivity index (χ1n) is 12.2. The van der Waals surface area contributed by atoms with Gasteiger partial charge in [0.25, 0.3) is 5.91 Å². The Kier molecular flexibility index (Phi) is 7.81. The van der Waals surface area contributed by atoms with Crippen molar-refractivity contribution in [1.82, 2.24) is 20.0 Å². The number of rotatable bonds is 6. The van der Waals surface area contributed by atoms with Crippen LogP contribution in [0.2, 0.25) is 0 Å². The van der Waals surface area contributed by atoms with E-state index < -0.39 is 29.8 Å². The second-order valence-corrected chi connectivity index (χ2v) is 9.20. The first kappa shape index (κ1) is 27.2. The number of nitrogens with one attached hydrogen (secondary N) is 1. The SMILES string of the molecule is CCOC(=O)C1=C(CN2CCN(C(=O)c3ccco3)[C@@H](C)C2)N(C)C(=O)N[C@@H]1c1ccc(C(F)(F)F)cc1. The van der Waals surface area contributed by atoms with E-state index in [9.17, 15) is 27.6 Å². The van der Waals surface area contributed by atoms with Crippen LogP contribution in [-0.4, -0.2) is 78.5 Å². The molecule has 1 aromatic heterocycles. The summed E-state index contributed by atoms with van der Waals surface area (Å²) >= 11 is 0. The zero-order chi connectivity index (χ0) is 27.6. The van der Waals surface area contributed by atoms with E-state index in [0.29, 0.717) is 30.9 Å². The number of carbonyl (C=O) groups excluding carboxylic acids is 3. The molecule has 1 fully saturated rings. The Morgan fingerprint density at radius 1 is 1.16 bits per heavy atom. The quantitative estimate of drug-likeness (QED) is 0.569. The molecule has 0 bridgehead atoms. The molecule has 12 heteroatoms. The number of hydrogen-bond acceptors (Lipinski definition) is 6. The van der Waals surface area contributed by atoms with Crippen LogP contribution in [0.3, 0.4) is 0 Å². The molecular formula is C26H29F3N4O5. The molecule has 0 radical (unpaired) electrons. The fourth-order valence-corrected chi connectivity index (χ4v) is 4.74. The Balaban J connectivity index is 1.62. The van der Waals surface area contributed by atoms with E-state index in [1.165, 1.54) is 30.3 Å². The number of alkyl halides is 3. The van der Waals surface area contributed by atoms with E-state index in [2.05, 4.69) is 5.32 Å². The van der Waals surface area contributed by atoms with E-state index in [1.54, 1.807) is 24.0 Å². The third-order valence-electron chi connectivity index (χ3n) is 6.72. The van der Waals surface area contributed by atoms with Crippen LogP contribution in [0.1, 0.15) is 41.6 Å². The molecule has 4 rings (SSSR count). The van der Waals surface area contributed by atoms with Gasteiger partial charge >= 0.3 is 18.2 Å². The van der Waals surface area contributed by atoms with Gasteiger partial charge in [-0.05, 0) is 43.7 Å². The largest absolute Gasteiger partial charge is 0.463 e. The number of piperazine rings is 1. The summed E-state index contributed by atoms with van der Waals surface area (Å²) in [5.41, 5.74) is 0.0196. The van der Waals surface area contributed by atoms with Gasteiger partial charge in [0.2, 0.25) is 0 Å². The van der Waals surface area contributed by atoms with Crippen molar-refractivity contribution in [2.24, 2.45) is 0 Å². The van der Waals surface area contributed by atoms with Crippen molar-refractivity contribution in [3.8, 4) is 0 Å². The first-order chi connectivity index (χ1) is 18.0. The van der Waals surface area contributed by atoms with E-state index in [1.807, 2.05) is 11.8 Å². The van der Waals surface area contributed by atoms with E-state index >= 15 is 0 Å². The van der Waals surface area contributed by atoms with Crippen LogP contribution in [0.25, 0.3) is 0 Å². The molecule has 2 atom stereocenters. The van der Waals surface area contributed by atoms with Gasteiger partial charge in [-0.25, -0.2) is 9.59 Å². The number of amides is 3. The number of furan rings is 1. The molecule has 1 saturated heterocycles. The molecule has 1 N–H and O–H groups in total. The highest BCUT2D eigenvalue weighted by Gasteiger charge is 2.39. The van der Waals surface area contributed by atoms with Crippen molar-refractivity contribution >= 4 is 17.9 Å². The van der Waals surface area contributed by atoms with Gasteiger partial charge in [0.05, 0.1) is 30.0 Å². The van der Waals surface area contributed by atoms with Gasteiger partial charge in [0.1, 0.15) is 0 Å². The number of benzene rings is 1. The zero-order valence-electron chi connectivity index (χ0n) is 21.2. The molecule has 2 aliphatic heterocycles. The van der Waals surface area contributed by atoms with Crippen LogP contribution in [0.5, 0.6) is 0 Å². The lowest BCUT2D eigenvalue weighted by molar-refractivity contribution is -0.139. The van der Waals surface area contributed by atoms with Crippen LogP contribution in [-0.2, 0) is 15.7 Å². The average Bonchev–Trinajstić information content (AvgIpc) is 3.41. The first-order valence-corrected chi connectivity index (χ1v) is 12.2. The lowest BCUT2D eigenvalue weighted by atomic mass is 9.93. The number of carbonyl (C=O) groups is 3. The van der Waals surface area contributed by atoms with Crippen LogP contribution >= 0.6 is 0 Å². The normalized spacial score (nSPS) is 20.9. The maximum absolute atomic E-state index is 13.1. The fraction of sp³-hybridized carbons (Fsp3) is 0.423. The van der Waals surface area contributed by atoms with Gasteiger partial charge < -0.3 is 19.4 Å². The van der Waals surface area contributed by atoms with Crippen molar-refractivity contribution in [2.45, 2.75) is 32.1 Å². The van der Waals surface area contributed by atoms with Crippen LogP contribution < -0.4 is 5.32 Å². The summed E-state index contributed by atoms with van der Waals surface area (Å²) in [4.78, 5) is 43.8. The van der Waals surface area contributed by atoms with Crippen molar-refractivity contribution in [1.29, 1.82) is 0 Å².